The van der Waals surface area contributed by atoms with Crippen molar-refractivity contribution < 1.29 is 18.0 Å². The molecule has 0 unspecified atom stereocenters. The number of nitrogens with zero attached hydrogens (tertiary/aromatic N) is 2. The van der Waals surface area contributed by atoms with Gasteiger partial charge in [0.25, 0.3) is 0 Å². The predicted molar refractivity (Wildman–Crippen MR) is 85.4 cm³/mol. The van der Waals surface area contributed by atoms with Crippen LogP contribution in [0.2, 0.25) is 0 Å². The van der Waals surface area contributed by atoms with Gasteiger partial charge < -0.3 is 4.90 Å². The molecule has 6 heteroatoms. The van der Waals surface area contributed by atoms with Crippen LogP contribution in [-0.2, 0) is 11.2 Å². The van der Waals surface area contributed by atoms with Crippen LogP contribution in [0.4, 0.5) is 13.2 Å². The van der Waals surface area contributed by atoms with E-state index in [1.807, 2.05) is 12.1 Å². The molecule has 2 aromatic rings. The maximum atomic E-state index is 13.3. The molecule has 1 aromatic carbocycles. The Labute approximate surface area is 139 Å². The quantitative estimate of drug-likeness (QED) is 0.803. The van der Waals surface area contributed by atoms with Crippen LogP contribution in [0.5, 0.6) is 0 Å². The van der Waals surface area contributed by atoms with Gasteiger partial charge >= 0.3 is 6.18 Å². The number of benzene rings is 1. The Morgan fingerprint density at radius 2 is 1.75 bits per heavy atom. The van der Waals surface area contributed by atoms with E-state index >= 15 is 0 Å². The van der Waals surface area contributed by atoms with Gasteiger partial charge in [0.05, 0.1) is 5.92 Å². The van der Waals surface area contributed by atoms with Gasteiger partial charge in [-0.3, -0.25) is 9.78 Å². The minimum absolute atomic E-state index is 0.112. The van der Waals surface area contributed by atoms with Crippen LogP contribution in [0.15, 0.2) is 54.9 Å². The molecule has 1 atom stereocenters. The van der Waals surface area contributed by atoms with Crippen molar-refractivity contribution in [3.05, 3.63) is 66.0 Å². The number of halogens is 3. The lowest BCUT2D eigenvalue weighted by Crippen LogP contribution is -2.33. The van der Waals surface area contributed by atoms with Crippen molar-refractivity contribution in [3.8, 4) is 0 Å². The number of rotatable bonds is 6. The maximum Gasteiger partial charge on any atom is 0.396 e. The first-order valence-electron chi connectivity index (χ1n) is 7.62. The summed E-state index contributed by atoms with van der Waals surface area (Å²) in [5, 5.41) is 0. The zero-order valence-electron chi connectivity index (χ0n) is 13.3. The normalized spacial score (nSPS) is 12.7. The molecule has 1 heterocycles. The number of carbonyl (C=O) groups is 1. The van der Waals surface area contributed by atoms with E-state index in [4.69, 9.17) is 0 Å². The first kappa shape index (κ1) is 18.0. The van der Waals surface area contributed by atoms with E-state index in [0.717, 1.165) is 5.56 Å². The van der Waals surface area contributed by atoms with Crippen LogP contribution in [0.3, 0.4) is 0 Å². The van der Waals surface area contributed by atoms with Gasteiger partial charge in [-0.1, -0.05) is 30.3 Å². The summed E-state index contributed by atoms with van der Waals surface area (Å²) < 4.78 is 39.9. The van der Waals surface area contributed by atoms with Gasteiger partial charge in [0, 0.05) is 32.4 Å². The summed E-state index contributed by atoms with van der Waals surface area (Å²) in [6.07, 6.45) is -1.17. The highest BCUT2D eigenvalue weighted by atomic mass is 19.4. The fraction of sp³-hybridized carbons (Fsp3) is 0.333. The molecular formula is C18H19F3N2O. The Kier molecular flexibility index (Phi) is 5.95. The molecule has 0 aliphatic carbocycles. The van der Waals surface area contributed by atoms with Gasteiger partial charge in [-0.25, -0.2) is 0 Å². The number of aromatic nitrogens is 1. The minimum atomic E-state index is -4.46. The van der Waals surface area contributed by atoms with E-state index < -0.39 is 24.4 Å². The van der Waals surface area contributed by atoms with Crippen LogP contribution in [0.1, 0.15) is 23.5 Å². The second-order valence-corrected chi connectivity index (χ2v) is 5.63. The van der Waals surface area contributed by atoms with Crippen LogP contribution in [0.25, 0.3) is 0 Å². The number of pyridine rings is 1. The molecule has 1 aromatic heterocycles. The van der Waals surface area contributed by atoms with E-state index in [9.17, 15) is 18.0 Å². The molecule has 0 N–H and O–H groups in total. The molecule has 0 saturated heterocycles. The fourth-order valence-corrected chi connectivity index (χ4v) is 2.41. The van der Waals surface area contributed by atoms with E-state index in [1.54, 1.807) is 30.6 Å². The minimum Gasteiger partial charge on any atom is -0.345 e. The molecule has 0 spiro atoms. The topological polar surface area (TPSA) is 33.2 Å². The van der Waals surface area contributed by atoms with Crippen LogP contribution < -0.4 is 0 Å². The lowest BCUT2D eigenvalue weighted by molar-refractivity contribution is -0.160. The van der Waals surface area contributed by atoms with Crippen molar-refractivity contribution in [2.75, 3.05) is 13.6 Å². The maximum absolute atomic E-state index is 13.3. The summed E-state index contributed by atoms with van der Waals surface area (Å²) in [5.74, 6) is -2.30. The molecule has 2 rings (SSSR count). The van der Waals surface area contributed by atoms with Crippen molar-refractivity contribution in [2.45, 2.75) is 24.9 Å². The van der Waals surface area contributed by atoms with E-state index in [2.05, 4.69) is 4.98 Å². The highest BCUT2D eigenvalue weighted by molar-refractivity contribution is 5.77. The Morgan fingerprint density at radius 3 is 2.33 bits per heavy atom. The average molecular weight is 336 g/mol. The van der Waals surface area contributed by atoms with Crippen LogP contribution in [0, 0.1) is 0 Å². The average Bonchev–Trinajstić information content (AvgIpc) is 2.58. The summed E-state index contributed by atoms with van der Waals surface area (Å²) in [4.78, 5) is 17.5. The molecule has 0 fully saturated rings. The van der Waals surface area contributed by atoms with E-state index in [0.29, 0.717) is 13.0 Å². The smallest absolute Gasteiger partial charge is 0.345 e. The number of alkyl halides is 3. The molecule has 1 amide bonds. The fourth-order valence-electron chi connectivity index (χ4n) is 2.41. The Bertz CT molecular complexity index is 644. The summed E-state index contributed by atoms with van der Waals surface area (Å²) in [7, 11) is 1.53. The van der Waals surface area contributed by atoms with Crippen LogP contribution in [-0.4, -0.2) is 35.6 Å². The van der Waals surface area contributed by atoms with Crippen molar-refractivity contribution in [1.29, 1.82) is 0 Å². The Balaban J connectivity index is 1.99. The third-order valence-electron chi connectivity index (χ3n) is 3.89. The third kappa shape index (κ3) is 5.08. The monoisotopic (exact) mass is 336 g/mol. The predicted octanol–water partition coefficient (Wildman–Crippen LogP) is 3.82. The standard InChI is InChI=1S/C18H19F3N2O/c1-23(12-9-14-7-10-22-11-8-14)17(24)13-16(18(19,20)21)15-5-3-2-4-6-15/h2-8,10-11,16H,9,12-13H2,1H3/t16-/m0/s1. The molecule has 0 aliphatic rings. The summed E-state index contributed by atoms with van der Waals surface area (Å²) in [5.41, 5.74) is 1.10. The van der Waals surface area contributed by atoms with Gasteiger partial charge in [0.15, 0.2) is 0 Å². The second kappa shape index (κ2) is 7.95. The highest BCUT2D eigenvalue weighted by Crippen LogP contribution is 2.37. The van der Waals surface area contributed by atoms with E-state index in [1.165, 1.54) is 24.1 Å². The first-order valence-corrected chi connectivity index (χ1v) is 7.62. The number of amides is 1. The van der Waals surface area contributed by atoms with Crippen LogP contribution >= 0.6 is 0 Å². The van der Waals surface area contributed by atoms with Crippen molar-refractivity contribution in [3.63, 3.8) is 0 Å². The first-order chi connectivity index (χ1) is 11.4. The molecule has 3 nitrogen and oxygen atoms in total. The van der Waals surface area contributed by atoms with E-state index in [-0.39, 0.29) is 5.56 Å². The lowest BCUT2D eigenvalue weighted by atomic mass is 9.94. The van der Waals surface area contributed by atoms with Crippen molar-refractivity contribution in [1.82, 2.24) is 9.88 Å². The molecule has 0 radical (unpaired) electrons. The molecule has 0 bridgehead atoms. The number of hydrogen-bond donors (Lipinski definition) is 0. The molecule has 128 valence electrons. The van der Waals surface area contributed by atoms with Gasteiger partial charge in [-0.2, -0.15) is 13.2 Å². The Morgan fingerprint density at radius 1 is 1.12 bits per heavy atom. The number of carbonyl (C=O) groups excluding carboxylic acids is 1. The second-order valence-electron chi connectivity index (χ2n) is 5.63. The third-order valence-corrected chi connectivity index (χ3v) is 3.89. The van der Waals surface area contributed by atoms with Gasteiger partial charge in [-0.15, -0.1) is 0 Å². The van der Waals surface area contributed by atoms with Crippen molar-refractivity contribution >= 4 is 5.91 Å². The Hall–Kier alpha value is -2.37. The van der Waals surface area contributed by atoms with Gasteiger partial charge in [-0.05, 0) is 29.7 Å². The largest absolute Gasteiger partial charge is 0.396 e. The number of hydrogen-bond acceptors (Lipinski definition) is 2. The SMILES string of the molecule is CN(CCc1ccncc1)C(=O)C[C@@H](c1ccccc1)C(F)(F)F. The summed E-state index contributed by atoms with van der Waals surface area (Å²) >= 11 is 0. The molecule has 0 aliphatic heterocycles. The zero-order chi connectivity index (χ0) is 17.6. The number of likely N-dealkylation sites (N-methyl/N-ethyl adjacent to an activating group) is 1. The lowest BCUT2D eigenvalue weighted by Gasteiger charge is -2.24. The van der Waals surface area contributed by atoms with Gasteiger partial charge in [0.2, 0.25) is 5.91 Å². The molecular weight excluding hydrogens is 317 g/mol. The highest BCUT2D eigenvalue weighted by Gasteiger charge is 2.42. The van der Waals surface area contributed by atoms with Gasteiger partial charge in [0.1, 0.15) is 0 Å². The zero-order valence-corrected chi connectivity index (χ0v) is 13.3. The molecule has 0 saturated carbocycles. The molecule has 24 heavy (non-hydrogen) atoms. The summed E-state index contributed by atoms with van der Waals surface area (Å²) in [6.45, 7) is 0.363. The summed E-state index contributed by atoms with van der Waals surface area (Å²) in [6, 6.07) is 11.2. The van der Waals surface area contributed by atoms with Crippen molar-refractivity contribution in [2.24, 2.45) is 0 Å².